The van der Waals surface area contributed by atoms with E-state index in [9.17, 15) is 9.59 Å². The standard InChI is InChI=1S/C8H11ClN2O2/c1-5-6(2)8(13)11(4-3-9)10-7(5)12/h3-4H2,1-2H3,(H,10,12). The van der Waals surface area contributed by atoms with Crippen molar-refractivity contribution in [2.45, 2.75) is 20.4 Å². The molecule has 1 N–H and O–H groups in total. The lowest BCUT2D eigenvalue weighted by Crippen LogP contribution is -2.33. The van der Waals surface area contributed by atoms with Crippen molar-refractivity contribution in [2.75, 3.05) is 5.88 Å². The van der Waals surface area contributed by atoms with Crippen molar-refractivity contribution in [1.82, 2.24) is 9.78 Å². The number of H-pyrrole nitrogens is 1. The van der Waals surface area contributed by atoms with Gasteiger partial charge in [-0.1, -0.05) is 0 Å². The number of hydrogen-bond acceptors (Lipinski definition) is 2. The molecule has 0 saturated carbocycles. The Morgan fingerprint density at radius 1 is 1.31 bits per heavy atom. The van der Waals surface area contributed by atoms with Crippen molar-refractivity contribution in [3.8, 4) is 0 Å². The summed E-state index contributed by atoms with van der Waals surface area (Å²) in [7, 11) is 0. The van der Waals surface area contributed by atoms with E-state index in [1.165, 1.54) is 4.68 Å². The monoisotopic (exact) mass is 202 g/mol. The third-order valence-electron chi connectivity index (χ3n) is 2.01. The van der Waals surface area contributed by atoms with E-state index in [1.54, 1.807) is 13.8 Å². The summed E-state index contributed by atoms with van der Waals surface area (Å²) in [5, 5.41) is 2.45. The van der Waals surface area contributed by atoms with E-state index in [0.29, 0.717) is 23.6 Å². The second-order valence-corrected chi connectivity index (χ2v) is 3.21. The van der Waals surface area contributed by atoms with E-state index in [-0.39, 0.29) is 11.1 Å². The van der Waals surface area contributed by atoms with Crippen LogP contribution >= 0.6 is 11.6 Å². The molecule has 0 unspecified atom stereocenters. The van der Waals surface area contributed by atoms with Crippen LogP contribution in [0, 0.1) is 13.8 Å². The number of rotatable bonds is 2. The number of nitrogens with one attached hydrogen (secondary N) is 1. The van der Waals surface area contributed by atoms with Crippen molar-refractivity contribution in [2.24, 2.45) is 0 Å². The molecular weight excluding hydrogens is 192 g/mol. The average Bonchev–Trinajstić information content (AvgIpc) is 2.11. The Labute approximate surface area is 80.1 Å². The van der Waals surface area contributed by atoms with E-state index in [1.807, 2.05) is 0 Å². The summed E-state index contributed by atoms with van der Waals surface area (Å²) in [4.78, 5) is 22.7. The fourth-order valence-electron chi connectivity index (χ4n) is 1.03. The van der Waals surface area contributed by atoms with Gasteiger partial charge in [0.15, 0.2) is 0 Å². The molecule has 1 heterocycles. The van der Waals surface area contributed by atoms with Crippen LogP contribution in [-0.4, -0.2) is 15.7 Å². The zero-order valence-corrected chi connectivity index (χ0v) is 8.31. The molecule has 0 aliphatic heterocycles. The largest absolute Gasteiger partial charge is 0.268 e. The van der Waals surface area contributed by atoms with Crippen LogP contribution in [0.2, 0.25) is 0 Å². The van der Waals surface area contributed by atoms with Gasteiger partial charge in [-0.05, 0) is 13.8 Å². The van der Waals surface area contributed by atoms with Crippen molar-refractivity contribution in [1.29, 1.82) is 0 Å². The molecule has 0 radical (unpaired) electrons. The van der Waals surface area contributed by atoms with Gasteiger partial charge in [-0.15, -0.1) is 11.6 Å². The molecule has 1 rings (SSSR count). The molecule has 0 atom stereocenters. The van der Waals surface area contributed by atoms with Crippen LogP contribution in [0.1, 0.15) is 11.1 Å². The molecule has 5 heteroatoms. The van der Waals surface area contributed by atoms with Crippen LogP contribution in [0.4, 0.5) is 0 Å². The topological polar surface area (TPSA) is 54.9 Å². The lowest BCUT2D eigenvalue weighted by Gasteiger charge is -2.05. The Bertz CT molecular complexity index is 419. The molecule has 0 aliphatic carbocycles. The van der Waals surface area contributed by atoms with E-state index < -0.39 is 0 Å². The second-order valence-electron chi connectivity index (χ2n) is 2.84. The number of hydrogen-bond donors (Lipinski definition) is 1. The normalized spacial score (nSPS) is 10.4. The third kappa shape index (κ3) is 1.83. The van der Waals surface area contributed by atoms with Gasteiger partial charge < -0.3 is 0 Å². The maximum Gasteiger partial charge on any atom is 0.268 e. The van der Waals surface area contributed by atoms with Crippen molar-refractivity contribution in [3.63, 3.8) is 0 Å². The zero-order valence-electron chi connectivity index (χ0n) is 7.56. The molecule has 1 aromatic rings. The second kappa shape index (κ2) is 3.79. The minimum atomic E-state index is -0.234. The molecule has 72 valence electrons. The summed E-state index contributed by atoms with van der Waals surface area (Å²) in [6.45, 7) is 3.59. The fraction of sp³-hybridized carbons (Fsp3) is 0.500. The first-order valence-electron chi connectivity index (χ1n) is 3.94. The molecular formula is C8H11ClN2O2. The summed E-state index contributed by atoms with van der Waals surface area (Å²) in [5.41, 5.74) is 0.532. The lowest BCUT2D eigenvalue weighted by molar-refractivity contribution is 0.600. The number of nitrogens with zero attached hydrogens (tertiary/aromatic N) is 1. The Morgan fingerprint density at radius 3 is 2.46 bits per heavy atom. The van der Waals surface area contributed by atoms with Gasteiger partial charge in [0.1, 0.15) is 0 Å². The highest BCUT2D eigenvalue weighted by Gasteiger charge is 2.05. The Kier molecular flexibility index (Phi) is 2.93. The van der Waals surface area contributed by atoms with Crippen molar-refractivity contribution < 1.29 is 0 Å². The summed E-state index contributed by atoms with van der Waals surface area (Å²) in [5.74, 6) is 0.304. The highest BCUT2D eigenvalue weighted by molar-refractivity contribution is 6.17. The van der Waals surface area contributed by atoms with E-state index in [0.717, 1.165) is 0 Å². The molecule has 13 heavy (non-hydrogen) atoms. The molecule has 0 bridgehead atoms. The van der Waals surface area contributed by atoms with Crippen LogP contribution in [0.3, 0.4) is 0 Å². The number of alkyl halides is 1. The smallest absolute Gasteiger partial charge is 0.268 e. The predicted molar refractivity (Wildman–Crippen MR) is 51.5 cm³/mol. The molecule has 1 aromatic heterocycles. The van der Waals surface area contributed by atoms with Crippen molar-refractivity contribution in [3.05, 3.63) is 31.8 Å². The first kappa shape index (κ1) is 10.1. The SMILES string of the molecule is Cc1c(C)c(=O)n(CCCl)[nH]c1=O. The maximum absolute atomic E-state index is 11.5. The van der Waals surface area contributed by atoms with Gasteiger partial charge in [0, 0.05) is 17.0 Å². The molecule has 0 aromatic carbocycles. The zero-order chi connectivity index (χ0) is 10.0. The van der Waals surface area contributed by atoms with E-state index in [2.05, 4.69) is 5.10 Å². The summed E-state index contributed by atoms with van der Waals surface area (Å²) in [6.07, 6.45) is 0. The minimum absolute atomic E-state index is 0.183. The molecule has 0 spiro atoms. The van der Waals surface area contributed by atoms with Gasteiger partial charge in [0.05, 0.1) is 6.54 Å². The Balaban J connectivity index is 3.42. The van der Waals surface area contributed by atoms with Crippen LogP contribution in [0.5, 0.6) is 0 Å². The molecule has 0 amide bonds. The van der Waals surface area contributed by atoms with Crippen LogP contribution in [0.15, 0.2) is 9.59 Å². The van der Waals surface area contributed by atoms with Gasteiger partial charge in [0.25, 0.3) is 11.1 Å². The molecule has 0 fully saturated rings. The van der Waals surface area contributed by atoms with Gasteiger partial charge in [-0.3, -0.25) is 14.7 Å². The van der Waals surface area contributed by atoms with E-state index >= 15 is 0 Å². The van der Waals surface area contributed by atoms with Gasteiger partial charge in [-0.25, -0.2) is 4.68 Å². The maximum atomic E-state index is 11.5. The van der Waals surface area contributed by atoms with Crippen molar-refractivity contribution >= 4 is 11.6 Å². The average molecular weight is 203 g/mol. The Hall–Kier alpha value is -1.03. The lowest BCUT2D eigenvalue weighted by atomic mass is 10.2. The summed E-state index contributed by atoms with van der Waals surface area (Å²) >= 11 is 5.47. The quantitative estimate of drug-likeness (QED) is 0.706. The predicted octanol–water partition coefficient (Wildman–Crippen LogP) is 0.392. The summed E-state index contributed by atoms with van der Waals surface area (Å²) in [6, 6.07) is 0. The van der Waals surface area contributed by atoms with Gasteiger partial charge in [0.2, 0.25) is 0 Å². The van der Waals surface area contributed by atoms with Gasteiger partial charge in [-0.2, -0.15) is 0 Å². The van der Waals surface area contributed by atoms with Crippen LogP contribution < -0.4 is 11.1 Å². The first-order valence-corrected chi connectivity index (χ1v) is 4.47. The molecule has 4 nitrogen and oxygen atoms in total. The van der Waals surface area contributed by atoms with Crippen LogP contribution in [0.25, 0.3) is 0 Å². The molecule has 0 aliphatic rings. The highest BCUT2D eigenvalue weighted by Crippen LogP contribution is 1.91. The van der Waals surface area contributed by atoms with Gasteiger partial charge >= 0.3 is 0 Å². The summed E-state index contributed by atoms with van der Waals surface area (Å²) < 4.78 is 1.23. The highest BCUT2D eigenvalue weighted by atomic mass is 35.5. The number of aryl methyl sites for hydroxylation is 1. The fourth-order valence-corrected chi connectivity index (χ4v) is 1.20. The minimum Gasteiger partial charge on any atom is -0.268 e. The van der Waals surface area contributed by atoms with E-state index in [4.69, 9.17) is 11.6 Å². The first-order chi connectivity index (χ1) is 6.07. The number of aromatic nitrogens is 2. The third-order valence-corrected chi connectivity index (χ3v) is 2.18. The molecule has 0 saturated heterocycles. The number of aromatic amines is 1. The van der Waals surface area contributed by atoms with Crippen LogP contribution in [-0.2, 0) is 6.54 Å². The number of halogens is 1. The Morgan fingerprint density at radius 2 is 1.92 bits per heavy atom.